The Hall–Kier alpha value is -1.90. The maximum Gasteiger partial charge on any atom is 0.416 e. The number of halogens is 3. The first-order valence-corrected chi connectivity index (χ1v) is 9.82. The molecule has 0 amide bonds. The first kappa shape index (κ1) is 19.4. The molecule has 152 valence electrons. The molecule has 0 aliphatic carbocycles. The number of hydrogen-bond donors (Lipinski definition) is 1. The minimum Gasteiger partial charge on any atom is -0.314 e. The molecule has 4 rings (SSSR count). The van der Waals surface area contributed by atoms with Crippen molar-refractivity contribution in [2.45, 2.75) is 31.7 Å². The molecule has 2 fully saturated rings. The molecular formula is C20H26F3N5. The van der Waals surface area contributed by atoms with Crippen LogP contribution in [0.2, 0.25) is 0 Å². The van der Waals surface area contributed by atoms with Crippen molar-refractivity contribution in [3.8, 4) is 0 Å². The van der Waals surface area contributed by atoms with Crippen molar-refractivity contribution >= 4 is 0 Å². The maximum absolute atomic E-state index is 12.7. The molecule has 1 aromatic carbocycles. The van der Waals surface area contributed by atoms with Crippen LogP contribution in [0.15, 0.2) is 36.7 Å². The van der Waals surface area contributed by atoms with Crippen LogP contribution in [0.5, 0.6) is 0 Å². The summed E-state index contributed by atoms with van der Waals surface area (Å²) >= 11 is 0. The average Bonchev–Trinajstić information content (AvgIpc) is 3.32. The summed E-state index contributed by atoms with van der Waals surface area (Å²) in [5.74, 6) is 0. The number of hydrogen-bond acceptors (Lipinski definition) is 4. The Bertz CT molecular complexity index is 765. The quantitative estimate of drug-likeness (QED) is 0.847. The molecule has 2 saturated heterocycles. The number of rotatable bonds is 5. The molecule has 0 spiro atoms. The van der Waals surface area contributed by atoms with Crippen molar-refractivity contribution in [3.05, 3.63) is 53.3 Å². The Morgan fingerprint density at radius 2 is 1.75 bits per heavy atom. The van der Waals surface area contributed by atoms with Gasteiger partial charge < -0.3 is 5.32 Å². The van der Waals surface area contributed by atoms with E-state index in [0.29, 0.717) is 12.6 Å². The van der Waals surface area contributed by atoms with Gasteiger partial charge in [-0.2, -0.15) is 18.3 Å². The predicted molar refractivity (Wildman–Crippen MR) is 101 cm³/mol. The lowest BCUT2D eigenvalue weighted by Gasteiger charge is -2.32. The maximum atomic E-state index is 12.7. The summed E-state index contributed by atoms with van der Waals surface area (Å²) < 4.78 is 39.8. The number of nitrogens with one attached hydrogen (secondary N) is 1. The topological polar surface area (TPSA) is 36.3 Å². The summed E-state index contributed by atoms with van der Waals surface area (Å²) in [5, 5.41) is 7.78. The van der Waals surface area contributed by atoms with Gasteiger partial charge in [-0.05, 0) is 24.1 Å². The molecular weight excluding hydrogens is 367 g/mol. The molecule has 2 aliphatic heterocycles. The number of piperazine rings is 1. The third-order valence-electron chi connectivity index (χ3n) is 5.63. The highest BCUT2D eigenvalue weighted by atomic mass is 19.4. The molecule has 5 nitrogen and oxygen atoms in total. The summed E-state index contributed by atoms with van der Waals surface area (Å²) in [5.41, 5.74) is 1.33. The van der Waals surface area contributed by atoms with E-state index in [1.807, 2.05) is 12.4 Å². The van der Waals surface area contributed by atoms with E-state index in [9.17, 15) is 13.2 Å². The van der Waals surface area contributed by atoms with Crippen molar-refractivity contribution in [1.29, 1.82) is 0 Å². The van der Waals surface area contributed by atoms with Crippen molar-refractivity contribution in [2.24, 2.45) is 0 Å². The normalized spacial score (nSPS) is 22.0. The van der Waals surface area contributed by atoms with E-state index >= 15 is 0 Å². The standard InChI is InChI=1S/C20H26F3N5/c21-20(22,23)18-3-1-16(2-4-18)13-28-14-17(11-25-28)12-26-8-5-19(15-26)27-9-6-24-7-10-27/h1-4,11,14,19,24H,5-10,12-13,15H2. The lowest BCUT2D eigenvalue weighted by molar-refractivity contribution is -0.137. The lowest BCUT2D eigenvalue weighted by atomic mass is 10.1. The van der Waals surface area contributed by atoms with Crippen LogP contribution in [0.25, 0.3) is 0 Å². The van der Waals surface area contributed by atoms with Gasteiger partial charge in [0.05, 0.1) is 18.3 Å². The number of alkyl halides is 3. The molecule has 2 aromatic rings. The smallest absolute Gasteiger partial charge is 0.314 e. The highest BCUT2D eigenvalue weighted by Crippen LogP contribution is 2.29. The summed E-state index contributed by atoms with van der Waals surface area (Å²) in [6.45, 7) is 7.94. The van der Waals surface area contributed by atoms with Gasteiger partial charge in [-0.25, -0.2) is 0 Å². The molecule has 0 bridgehead atoms. The van der Waals surface area contributed by atoms with Crippen LogP contribution in [0, 0.1) is 0 Å². The van der Waals surface area contributed by atoms with Gasteiger partial charge in [0.2, 0.25) is 0 Å². The monoisotopic (exact) mass is 393 g/mol. The van der Waals surface area contributed by atoms with E-state index in [2.05, 4.69) is 20.2 Å². The van der Waals surface area contributed by atoms with Crippen molar-refractivity contribution in [2.75, 3.05) is 39.3 Å². The van der Waals surface area contributed by atoms with Crippen molar-refractivity contribution in [1.82, 2.24) is 24.9 Å². The minimum atomic E-state index is -4.30. The van der Waals surface area contributed by atoms with E-state index < -0.39 is 11.7 Å². The van der Waals surface area contributed by atoms with Gasteiger partial charge in [0, 0.05) is 63.6 Å². The molecule has 1 atom stereocenters. The van der Waals surface area contributed by atoms with Gasteiger partial charge in [0.25, 0.3) is 0 Å². The Labute approximate surface area is 163 Å². The SMILES string of the molecule is FC(F)(F)c1ccc(Cn2cc(CN3CCC(N4CCNCC4)C3)cn2)cc1. The zero-order valence-corrected chi connectivity index (χ0v) is 15.8. The Morgan fingerprint density at radius 1 is 1.00 bits per heavy atom. The third-order valence-corrected chi connectivity index (χ3v) is 5.63. The minimum absolute atomic E-state index is 0.474. The fraction of sp³-hybridized carbons (Fsp3) is 0.550. The second-order valence-electron chi connectivity index (χ2n) is 7.70. The Kier molecular flexibility index (Phi) is 5.70. The summed E-state index contributed by atoms with van der Waals surface area (Å²) in [7, 11) is 0. The van der Waals surface area contributed by atoms with E-state index in [1.54, 1.807) is 4.68 Å². The van der Waals surface area contributed by atoms with Crippen LogP contribution >= 0.6 is 0 Å². The van der Waals surface area contributed by atoms with Crippen LogP contribution < -0.4 is 5.32 Å². The van der Waals surface area contributed by atoms with Gasteiger partial charge in [-0.1, -0.05) is 12.1 Å². The average molecular weight is 393 g/mol. The highest BCUT2D eigenvalue weighted by Gasteiger charge is 2.30. The van der Waals surface area contributed by atoms with Crippen molar-refractivity contribution in [3.63, 3.8) is 0 Å². The van der Waals surface area contributed by atoms with Gasteiger partial charge >= 0.3 is 6.18 Å². The summed E-state index contributed by atoms with van der Waals surface area (Å²) in [4.78, 5) is 5.05. The fourth-order valence-electron chi connectivity index (χ4n) is 4.12. The molecule has 1 unspecified atom stereocenters. The molecule has 1 aromatic heterocycles. The van der Waals surface area contributed by atoms with Crippen LogP contribution in [0.1, 0.15) is 23.1 Å². The van der Waals surface area contributed by atoms with Crippen LogP contribution in [-0.4, -0.2) is 64.9 Å². The zero-order valence-electron chi connectivity index (χ0n) is 15.8. The molecule has 1 N–H and O–H groups in total. The molecule has 3 heterocycles. The Balaban J connectivity index is 1.30. The van der Waals surface area contributed by atoms with Gasteiger partial charge in [-0.15, -0.1) is 0 Å². The largest absolute Gasteiger partial charge is 0.416 e. The fourth-order valence-corrected chi connectivity index (χ4v) is 4.12. The van der Waals surface area contributed by atoms with Crippen LogP contribution in [0.3, 0.4) is 0 Å². The molecule has 2 aliphatic rings. The third kappa shape index (κ3) is 4.74. The number of nitrogens with zero attached hydrogens (tertiary/aromatic N) is 4. The van der Waals surface area contributed by atoms with Crippen LogP contribution in [0.4, 0.5) is 13.2 Å². The second-order valence-corrected chi connectivity index (χ2v) is 7.70. The molecule has 8 heteroatoms. The highest BCUT2D eigenvalue weighted by molar-refractivity contribution is 5.24. The van der Waals surface area contributed by atoms with E-state index in [1.165, 1.54) is 18.6 Å². The predicted octanol–water partition coefficient (Wildman–Crippen LogP) is 2.43. The molecule has 28 heavy (non-hydrogen) atoms. The van der Waals surface area contributed by atoms with E-state index in [0.717, 1.165) is 69.1 Å². The van der Waals surface area contributed by atoms with Gasteiger partial charge in [0.1, 0.15) is 0 Å². The Morgan fingerprint density at radius 3 is 2.46 bits per heavy atom. The van der Waals surface area contributed by atoms with E-state index in [-0.39, 0.29) is 0 Å². The summed E-state index contributed by atoms with van der Waals surface area (Å²) in [6.07, 6.45) is 0.771. The zero-order chi connectivity index (χ0) is 19.6. The molecule has 0 saturated carbocycles. The number of benzene rings is 1. The van der Waals surface area contributed by atoms with E-state index in [4.69, 9.17) is 0 Å². The first-order valence-electron chi connectivity index (χ1n) is 9.82. The number of likely N-dealkylation sites (tertiary alicyclic amines) is 1. The van der Waals surface area contributed by atoms with Gasteiger partial charge in [-0.3, -0.25) is 14.5 Å². The summed E-state index contributed by atoms with van der Waals surface area (Å²) in [6, 6.07) is 5.93. The van der Waals surface area contributed by atoms with Gasteiger partial charge in [0.15, 0.2) is 0 Å². The number of aromatic nitrogens is 2. The van der Waals surface area contributed by atoms with Crippen LogP contribution in [-0.2, 0) is 19.3 Å². The molecule has 0 radical (unpaired) electrons. The van der Waals surface area contributed by atoms with Crippen molar-refractivity contribution < 1.29 is 13.2 Å². The second kappa shape index (κ2) is 8.23. The first-order chi connectivity index (χ1) is 13.5. The lowest BCUT2D eigenvalue weighted by Crippen LogP contribution is -2.49.